The average Bonchev–Trinajstić information content (AvgIpc) is 3.16. The zero-order chi connectivity index (χ0) is 21.3. The lowest BCUT2D eigenvalue weighted by Crippen LogP contribution is -2.47. The third-order valence-corrected chi connectivity index (χ3v) is 5.38. The Hall–Kier alpha value is -2.61. The molecule has 0 aliphatic carbocycles. The molecule has 1 aromatic heterocycles. The van der Waals surface area contributed by atoms with Gasteiger partial charge in [-0.25, -0.2) is 9.67 Å². The summed E-state index contributed by atoms with van der Waals surface area (Å²) in [5.41, 5.74) is 1.31. The van der Waals surface area contributed by atoms with Gasteiger partial charge in [-0.2, -0.15) is 5.10 Å². The lowest BCUT2D eigenvalue weighted by molar-refractivity contribution is 0.177. The number of aliphatic imine (C=N–C) groups is 1. The molecule has 2 unspecified atom stereocenters. The lowest BCUT2D eigenvalue weighted by Gasteiger charge is -2.25. The summed E-state index contributed by atoms with van der Waals surface area (Å²) in [6.07, 6.45) is 2.90. The summed E-state index contributed by atoms with van der Waals surface area (Å²) < 4.78 is 12.4. The zero-order valence-electron chi connectivity index (χ0n) is 18.5. The fourth-order valence-electron chi connectivity index (χ4n) is 3.65. The predicted molar refractivity (Wildman–Crippen MR) is 118 cm³/mol. The van der Waals surface area contributed by atoms with Gasteiger partial charge >= 0.3 is 0 Å². The van der Waals surface area contributed by atoms with E-state index in [0.717, 1.165) is 62.3 Å². The maximum atomic E-state index is 5.24. The van der Waals surface area contributed by atoms with Crippen molar-refractivity contribution in [2.24, 2.45) is 4.99 Å². The highest BCUT2D eigenvalue weighted by molar-refractivity contribution is 5.80. The maximum absolute atomic E-state index is 5.24. The molecule has 0 bridgehead atoms. The van der Waals surface area contributed by atoms with Gasteiger partial charge in [-0.15, -0.1) is 0 Å². The fourth-order valence-corrected chi connectivity index (χ4v) is 3.65. The third kappa shape index (κ3) is 5.95. The highest BCUT2D eigenvalue weighted by Crippen LogP contribution is 2.21. The fraction of sp³-hybridized carbons (Fsp3) is 0.591. The number of aryl methyl sites for hydroxylation is 1. The van der Waals surface area contributed by atoms with Crippen molar-refractivity contribution in [2.45, 2.75) is 58.2 Å². The van der Waals surface area contributed by atoms with Crippen molar-refractivity contribution in [1.29, 1.82) is 0 Å². The minimum Gasteiger partial charge on any atom is -0.497 e. The van der Waals surface area contributed by atoms with Gasteiger partial charge in [0.2, 0.25) is 0 Å². The van der Waals surface area contributed by atoms with E-state index in [0.29, 0.717) is 12.5 Å². The van der Waals surface area contributed by atoms with Crippen LogP contribution in [0.5, 0.6) is 5.75 Å². The number of nitrogens with zero attached hydrogens (tertiary/aromatic N) is 4. The molecule has 0 amide bonds. The van der Waals surface area contributed by atoms with Crippen molar-refractivity contribution in [3.8, 4) is 5.75 Å². The predicted octanol–water partition coefficient (Wildman–Crippen LogP) is 2.50. The molecule has 1 aliphatic heterocycles. The molecule has 30 heavy (non-hydrogen) atoms. The molecule has 1 aromatic carbocycles. The molecular formula is C22H34N6O2. The van der Waals surface area contributed by atoms with Gasteiger partial charge in [0.15, 0.2) is 11.8 Å². The molecule has 0 radical (unpaired) electrons. The summed E-state index contributed by atoms with van der Waals surface area (Å²) in [7, 11) is 3.36. The van der Waals surface area contributed by atoms with Crippen LogP contribution in [0.25, 0.3) is 0 Å². The van der Waals surface area contributed by atoms with Crippen LogP contribution >= 0.6 is 0 Å². The number of benzene rings is 1. The largest absolute Gasteiger partial charge is 0.497 e. The topological polar surface area (TPSA) is 85.6 Å². The number of aromatic nitrogens is 3. The van der Waals surface area contributed by atoms with Gasteiger partial charge in [0.05, 0.1) is 13.7 Å². The summed E-state index contributed by atoms with van der Waals surface area (Å²) in [6.45, 7) is 7.17. The van der Waals surface area contributed by atoms with Crippen LogP contribution in [0.15, 0.2) is 29.3 Å². The zero-order valence-corrected chi connectivity index (χ0v) is 18.5. The molecule has 2 aromatic rings. The van der Waals surface area contributed by atoms with Crippen molar-refractivity contribution in [3.63, 3.8) is 0 Å². The van der Waals surface area contributed by atoms with E-state index in [2.05, 4.69) is 46.7 Å². The first-order valence-electron chi connectivity index (χ1n) is 10.7. The number of guanidine groups is 1. The average molecular weight is 415 g/mol. The summed E-state index contributed by atoms with van der Waals surface area (Å²) in [5.74, 6) is 3.98. The summed E-state index contributed by atoms with van der Waals surface area (Å²) >= 11 is 0. The highest BCUT2D eigenvalue weighted by Gasteiger charge is 2.22. The molecule has 2 N–H and O–H groups in total. The van der Waals surface area contributed by atoms with Crippen LogP contribution < -0.4 is 15.4 Å². The van der Waals surface area contributed by atoms with Crippen molar-refractivity contribution < 1.29 is 9.47 Å². The molecular weight excluding hydrogens is 380 g/mol. The Morgan fingerprint density at radius 2 is 2.10 bits per heavy atom. The van der Waals surface area contributed by atoms with E-state index in [9.17, 15) is 0 Å². The van der Waals surface area contributed by atoms with Gasteiger partial charge < -0.3 is 20.1 Å². The van der Waals surface area contributed by atoms with E-state index in [1.165, 1.54) is 5.56 Å². The Morgan fingerprint density at radius 1 is 1.30 bits per heavy atom. The van der Waals surface area contributed by atoms with E-state index in [4.69, 9.17) is 14.5 Å². The maximum Gasteiger partial charge on any atom is 0.191 e. The standard InChI is InChI=1S/C22H34N6O2/c1-5-23-22(24-13-12-16(2)17-6-9-19(30-4)10-7-17)25-18-8-11-21-26-20(15-29-3)27-28(21)14-18/h6-7,9-10,16,18H,5,8,11-15H2,1-4H3,(H2,23,24,25). The Morgan fingerprint density at radius 3 is 2.80 bits per heavy atom. The second kappa shape index (κ2) is 11.0. The molecule has 2 heterocycles. The summed E-state index contributed by atoms with van der Waals surface area (Å²) in [5, 5.41) is 11.5. The van der Waals surface area contributed by atoms with Crippen molar-refractivity contribution >= 4 is 5.96 Å². The summed E-state index contributed by atoms with van der Waals surface area (Å²) in [6, 6.07) is 8.57. The third-order valence-electron chi connectivity index (χ3n) is 5.38. The Kier molecular flexibility index (Phi) is 8.07. The van der Waals surface area contributed by atoms with Crippen LogP contribution in [0, 0.1) is 0 Å². The molecule has 3 rings (SSSR count). The van der Waals surface area contributed by atoms with Crippen LogP contribution in [-0.2, 0) is 24.3 Å². The molecule has 1 aliphatic rings. The Balaban J connectivity index is 1.53. The van der Waals surface area contributed by atoms with Crippen molar-refractivity contribution in [2.75, 3.05) is 27.3 Å². The SMILES string of the molecule is CCNC(=NCCC(C)c1ccc(OC)cc1)NC1CCc2nc(COC)nn2C1. The number of nitrogens with one attached hydrogen (secondary N) is 2. The highest BCUT2D eigenvalue weighted by atomic mass is 16.5. The minimum absolute atomic E-state index is 0.284. The monoisotopic (exact) mass is 414 g/mol. The van der Waals surface area contributed by atoms with Gasteiger partial charge in [0.1, 0.15) is 18.2 Å². The Bertz CT molecular complexity index is 818. The quantitative estimate of drug-likeness (QED) is 0.484. The lowest BCUT2D eigenvalue weighted by atomic mass is 9.98. The first-order chi connectivity index (χ1) is 14.6. The van der Waals surface area contributed by atoms with Gasteiger partial charge in [-0.05, 0) is 43.4 Å². The number of hydrogen-bond acceptors (Lipinski definition) is 5. The molecule has 8 nitrogen and oxygen atoms in total. The van der Waals surface area contributed by atoms with Crippen molar-refractivity contribution in [1.82, 2.24) is 25.4 Å². The van der Waals surface area contributed by atoms with Crippen LogP contribution in [0.4, 0.5) is 0 Å². The minimum atomic E-state index is 0.284. The number of methoxy groups -OCH3 is 2. The smallest absolute Gasteiger partial charge is 0.191 e. The van der Waals surface area contributed by atoms with Crippen LogP contribution in [0.2, 0.25) is 0 Å². The van der Waals surface area contributed by atoms with Crippen LogP contribution in [-0.4, -0.2) is 54.1 Å². The first kappa shape index (κ1) is 22.1. The number of ether oxygens (including phenoxy) is 2. The molecule has 0 saturated heterocycles. The van der Waals surface area contributed by atoms with Gasteiger partial charge in [-0.3, -0.25) is 4.99 Å². The van der Waals surface area contributed by atoms with Gasteiger partial charge in [0, 0.05) is 32.7 Å². The van der Waals surface area contributed by atoms with Crippen molar-refractivity contribution in [3.05, 3.63) is 41.5 Å². The molecule has 8 heteroatoms. The van der Waals surface area contributed by atoms with Gasteiger partial charge in [-0.1, -0.05) is 19.1 Å². The second-order valence-electron chi connectivity index (χ2n) is 7.66. The normalized spacial score (nSPS) is 17.3. The molecule has 2 atom stereocenters. The van der Waals surface area contributed by atoms with E-state index >= 15 is 0 Å². The number of hydrogen-bond donors (Lipinski definition) is 2. The van der Waals surface area contributed by atoms with E-state index in [1.54, 1.807) is 14.2 Å². The Labute approximate surface area is 179 Å². The molecule has 0 spiro atoms. The molecule has 0 fully saturated rings. The second-order valence-corrected chi connectivity index (χ2v) is 7.66. The number of fused-ring (bicyclic) bond motifs is 1. The van der Waals surface area contributed by atoms with E-state index in [-0.39, 0.29) is 6.04 Å². The first-order valence-corrected chi connectivity index (χ1v) is 10.7. The molecule has 0 saturated carbocycles. The van der Waals surface area contributed by atoms with E-state index < -0.39 is 0 Å². The summed E-state index contributed by atoms with van der Waals surface area (Å²) in [4.78, 5) is 9.35. The van der Waals surface area contributed by atoms with Crippen LogP contribution in [0.3, 0.4) is 0 Å². The van der Waals surface area contributed by atoms with Gasteiger partial charge in [0.25, 0.3) is 0 Å². The van der Waals surface area contributed by atoms with E-state index in [1.807, 2.05) is 16.8 Å². The van der Waals surface area contributed by atoms with Crippen LogP contribution in [0.1, 0.15) is 49.8 Å². The number of rotatable bonds is 9. The molecule has 164 valence electrons.